The van der Waals surface area contributed by atoms with Crippen molar-refractivity contribution in [2.45, 2.75) is 13.1 Å². The molecule has 10 heteroatoms. The lowest BCUT2D eigenvalue weighted by Gasteiger charge is -2.17. The third-order valence-corrected chi connectivity index (χ3v) is 4.67. The summed E-state index contributed by atoms with van der Waals surface area (Å²) in [6.07, 6.45) is -3.68. The number of carbonyl (C=O) groups excluding carboxylic acids is 2. The van der Waals surface area contributed by atoms with Gasteiger partial charge in [0.2, 0.25) is 0 Å². The van der Waals surface area contributed by atoms with Crippen molar-refractivity contribution < 1.29 is 32.4 Å². The molecule has 1 heterocycles. The van der Waals surface area contributed by atoms with E-state index in [1.54, 1.807) is 0 Å². The molecule has 1 aliphatic rings. The molecule has 0 atom stereocenters. The highest BCUT2D eigenvalue weighted by atomic mass is 19.4. The van der Waals surface area contributed by atoms with Crippen LogP contribution < -0.4 is 4.90 Å². The van der Waals surface area contributed by atoms with E-state index in [9.17, 15) is 32.9 Å². The van der Waals surface area contributed by atoms with E-state index in [1.165, 1.54) is 49.4 Å². The van der Waals surface area contributed by atoms with Gasteiger partial charge in [-0.15, -0.1) is 0 Å². The summed E-state index contributed by atoms with van der Waals surface area (Å²) in [5.74, 6) is -1.66. The van der Waals surface area contributed by atoms with Crippen molar-refractivity contribution in [2.75, 3.05) is 12.0 Å². The number of alkyl halides is 3. The molecule has 0 N–H and O–H groups in total. The molecule has 0 saturated carbocycles. The van der Waals surface area contributed by atoms with Crippen molar-refractivity contribution in [3.8, 4) is 0 Å². The van der Waals surface area contributed by atoms with Gasteiger partial charge in [-0.2, -0.15) is 13.2 Å². The number of esters is 1. The summed E-state index contributed by atoms with van der Waals surface area (Å²) >= 11 is 0. The van der Waals surface area contributed by atoms with Gasteiger partial charge < -0.3 is 4.74 Å². The van der Waals surface area contributed by atoms with Gasteiger partial charge in [-0.05, 0) is 36.8 Å². The Bertz CT molecular complexity index is 1130. The molecule has 0 fully saturated rings. The van der Waals surface area contributed by atoms with Crippen molar-refractivity contribution in [1.29, 1.82) is 0 Å². The molecule has 1 aliphatic heterocycles. The molecule has 3 rings (SSSR count). The van der Waals surface area contributed by atoms with Gasteiger partial charge in [-0.1, -0.05) is 18.2 Å². The molecule has 160 valence electrons. The number of amides is 1. The number of ether oxygens (including phenoxy) is 1. The Morgan fingerprint density at radius 2 is 1.74 bits per heavy atom. The first-order valence-corrected chi connectivity index (χ1v) is 8.82. The molecule has 0 bridgehead atoms. The minimum absolute atomic E-state index is 0.126. The van der Waals surface area contributed by atoms with E-state index in [-0.39, 0.29) is 33.8 Å². The predicted molar refractivity (Wildman–Crippen MR) is 105 cm³/mol. The van der Waals surface area contributed by atoms with Crippen LogP contribution >= 0.6 is 0 Å². The van der Waals surface area contributed by atoms with E-state index in [0.717, 1.165) is 24.2 Å². The van der Waals surface area contributed by atoms with E-state index in [4.69, 9.17) is 4.74 Å². The van der Waals surface area contributed by atoms with Crippen LogP contribution in [0.3, 0.4) is 0 Å². The molecule has 2 aromatic rings. The zero-order chi connectivity index (χ0) is 22.9. The van der Waals surface area contributed by atoms with Crippen LogP contribution in [0.25, 0.3) is 6.08 Å². The van der Waals surface area contributed by atoms with Gasteiger partial charge in [-0.3, -0.25) is 19.8 Å². The van der Waals surface area contributed by atoms with Crippen LogP contribution in [0.15, 0.2) is 65.4 Å². The van der Waals surface area contributed by atoms with Gasteiger partial charge in [0.25, 0.3) is 11.6 Å². The Balaban J connectivity index is 2.16. The summed E-state index contributed by atoms with van der Waals surface area (Å²) in [5.41, 5.74) is -1.60. The summed E-state index contributed by atoms with van der Waals surface area (Å²) in [7, 11) is 1.09. The van der Waals surface area contributed by atoms with Gasteiger partial charge >= 0.3 is 12.1 Å². The lowest BCUT2D eigenvalue weighted by atomic mass is 10.00. The first kappa shape index (κ1) is 21.8. The smallest absolute Gasteiger partial charge is 0.416 e. The highest BCUT2D eigenvalue weighted by Gasteiger charge is 2.39. The van der Waals surface area contributed by atoms with Crippen LogP contribution in [-0.4, -0.2) is 23.9 Å². The molecule has 1 amide bonds. The number of nitro groups is 1. The Kier molecular flexibility index (Phi) is 5.65. The second-order valence-corrected chi connectivity index (χ2v) is 6.51. The van der Waals surface area contributed by atoms with E-state index in [0.29, 0.717) is 0 Å². The lowest BCUT2D eigenvalue weighted by Crippen LogP contribution is -2.24. The van der Waals surface area contributed by atoms with E-state index in [1.807, 2.05) is 0 Å². The maximum Gasteiger partial charge on any atom is 0.416 e. The largest absolute Gasteiger partial charge is 0.465 e. The van der Waals surface area contributed by atoms with E-state index in [2.05, 4.69) is 0 Å². The minimum Gasteiger partial charge on any atom is -0.465 e. The zero-order valence-electron chi connectivity index (χ0n) is 16.3. The highest BCUT2D eigenvalue weighted by Crippen LogP contribution is 2.38. The van der Waals surface area contributed by atoms with E-state index >= 15 is 0 Å². The number of hydrogen-bond acceptors (Lipinski definition) is 5. The van der Waals surface area contributed by atoms with Crippen molar-refractivity contribution in [2.24, 2.45) is 0 Å². The molecule has 7 nitrogen and oxygen atoms in total. The number of allylic oxidation sites excluding steroid dienone is 1. The quantitative estimate of drug-likeness (QED) is 0.307. The fraction of sp³-hybridized carbons (Fsp3) is 0.143. The average Bonchev–Trinajstić information content (AvgIpc) is 2.96. The molecule has 0 radical (unpaired) electrons. The number of rotatable bonds is 4. The molecule has 0 aliphatic carbocycles. The second kappa shape index (κ2) is 8.05. The summed E-state index contributed by atoms with van der Waals surface area (Å²) in [6.45, 7) is 1.43. The number of methoxy groups -OCH3 is 1. The third kappa shape index (κ3) is 4.04. The average molecular weight is 432 g/mol. The topological polar surface area (TPSA) is 89.8 Å². The SMILES string of the molecule is COC(=O)C1=C(C)N(c2ccc([N+](=O)[O-])cc2)C(=O)C1=Cc1ccccc1C(F)(F)F. The minimum atomic E-state index is -4.67. The summed E-state index contributed by atoms with van der Waals surface area (Å²) in [5, 5.41) is 10.9. The fourth-order valence-electron chi connectivity index (χ4n) is 3.25. The van der Waals surface area contributed by atoms with Crippen LogP contribution in [0.4, 0.5) is 24.5 Å². The highest BCUT2D eigenvalue weighted by molar-refractivity contribution is 6.23. The fourth-order valence-corrected chi connectivity index (χ4v) is 3.25. The molecular weight excluding hydrogens is 417 g/mol. The number of hydrogen-bond donors (Lipinski definition) is 0. The monoisotopic (exact) mass is 432 g/mol. The van der Waals surface area contributed by atoms with Gasteiger partial charge in [-0.25, -0.2) is 4.79 Å². The number of non-ortho nitro benzene ring substituents is 1. The Hall–Kier alpha value is -3.95. The maximum absolute atomic E-state index is 13.4. The Morgan fingerprint density at radius 3 is 2.29 bits per heavy atom. The lowest BCUT2D eigenvalue weighted by molar-refractivity contribution is -0.384. The van der Waals surface area contributed by atoms with Gasteiger partial charge in [0.05, 0.1) is 28.7 Å². The Morgan fingerprint density at radius 1 is 1.13 bits per heavy atom. The molecule has 0 spiro atoms. The maximum atomic E-state index is 13.4. The second-order valence-electron chi connectivity index (χ2n) is 6.51. The van der Waals surface area contributed by atoms with Crippen molar-refractivity contribution >= 4 is 29.3 Å². The van der Waals surface area contributed by atoms with Crippen molar-refractivity contribution in [1.82, 2.24) is 0 Å². The number of halogens is 3. The predicted octanol–water partition coefficient (Wildman–Crippen LogP) is 4.49. The molecule has 31 heavy (non-hydrogen) atoms. The molecule has 0 saturated heterocycles. The van der Waals surface area contributed by atoms with Gasteiger partial charge in [0.15, 0.2) is 0 Å². The number of carbonyl (C=O) groups is 2. The molecule has 0 unspecified atom stereocenters. The van der Waals surface area contributed by atoms with Crippen molar-refractivity contribution in [3.63, 3.8) is 0 Å². The van der Waals surface area contributed by atoms with Crippen LogP contribution in [0.2, 0.25) is 0 Å². The number of nitro benzene ring substituents is 1. The Labute approximate surface area is 174 Å². The third-order valence-electron chi connectivity index (χ3n) is 4.67. The van der Waals surface area contributed by atoms with Crippen LogP contribution in [0.1, 0.15) is 18.1 Å². The van der Waals surface area contributed by atoms with Gasteiger partial charge in [0.1, 0.15) is 0 Å². The van der Waals surface area contributed by atoms with E-state index < -0.39 is 28.5 Å². The van der Waals surface area contributed by atoms with Crippen molar-refractivity contribution in [3.05, 3.63) is 86.6 Å². The number of benzene rings is 2. The van der Waals surface area contributed by atoms with Gasteiger partial charge in [0, 0.05) is 23.5 Å². The molecule has 2 aromatic carbocycles. The van der Waals surface area contributed by atoms with Crippen LogP contribution in [-0.2, 0) is 20.5 Å². The van der Waals surface area contributed by atoms with Crippen LogP contribution in [0, 0.1) is 10.1 Å². The summed E-state index contributed by atoms with van der Waals surface area (Å²) in [4.78, 5) is 36.8. The first-order valence-electron chi connectivity index (χ1n) is 8.82. The summed E-state index contributed by atoms with van der Waals surface area (Å²) < 4.78 is 44.9. The molecular formula is C21H15F3N2O5. The number of anilines is 1. The molecule has 0 aromatic heterocycles. The zero-order valence-corrected chi connectivity index (χ0v) is 16.3. The van der Waals surface area contributed by atoms with Crippen LogP contribution in [0.5, 0.6) is 0 Å². The first-order chi connectivity index (χ1) is 14.6. The number of nitrogens with zero attached hydrogens (tertiary/aromatic N) is 2. The normalized spacial score (nSPS) is 15.6. The summed E-state index contributed by atoms with van der Waals surface area (Å²) in [6, 6.07) is 9.61. The standard InChI is InChI=1S/C21H15F3N2O5/c1-12-18(20(28)31-2)16(11-13-5-3-4-6-17(13)21(22,23)24)19(27)25(12)14-7-9-15(10-8-14)26(29)30/h3-11H,1-2H3.